The highest BCUT2D eigenvalue weighted by Gasteiger charge is 2.29. The number of fused-ring (bicyclic) bond motifs is 2. The molecule has 2 aromatic heterocycles. The Kier molecular flexibility index (Phi) is 5.00. The fourth-order valence-corrected chi connectivity index (χ4v) is 4.99. The summed E-state index contributed by atoms with van der Waals surface area (Å²) >= 11 is 0. The molecule has 0 spiro atoms. The van der Waals surface area contributed by atoms with Crippen molar-refractivity contribution < 1.29 is 8.42 Å². The zero-order chi connectivity index (χ0) is 22.5. The van der Waals surface area contributed by atoms with Crippen molar-refractivity contribution in [2.75, 3.05) is 12.0 Å². The molecule has 2 heterocycles. The lowest BCUT2D eigenvalue weighted by atomic mass is 10.2. The number of nitrogens with zero attached hydrogens (tertiary/aromatic N) is 4. The first-order valence-corrected chi connectivity index (χ1v) is 12.8. The third-order valence-electron chi connectivity index (χ3n) is 5.94. The number of hydrogen-bond donors (Lipinski definition) is 0. The zero-order valence-electron chi connectivity index (χ0n) is 17.8. The van der Waals surface area contributed by atoms with Crippen molar-refractivity contribution >= 4 is 31.8 Å². The lowest BCUT2D eigenvalue weighted by Gasteiger charge is -2.16. The molecule has 0 bridgehead atoms. The molecule has 0 radical (unpaired) electrons. The van der Waals surface area contributed by atoms with Crippen LogP contribution in [0.25, 0.3) is 21.9 Å². The monoisotopic (exact) mass is 452 g/mol. The van der Waals surface area contributed by atoms with Crippen LogP contribution in [0.3, 0.4) is 0 Å². The summed E-state index contributed by atoms with van der Waals surface area (Å²) in [7, 11) is -3.12. The van der Waals surface area contributed by atoms with Crippen LogP contribution in [0.2, 0.25) is 0 Å². The topological polar surface area (TPSA) is 96.0 Å². The van der Waals surface area contributed by atoms with Crippen LogP contribution >= 0.6 is 0 Å². The molecule has 1 saturated carbocycles. The van der Waals surface area contributed by atoms with Crippen LogP contribution in [0.1, 0.15) is 31.1 Å². The number of para-hydroxylation sites is 3. The van der Waals surface area contributed by atoms with Crippen molar-refractivity contribution in [3.63, 3.8) is 0 Å². The van der Waals surface area contributed by atoms with Crippen molar-refractivity contribution in [1.29, 1.82) is 0 Å². The number of rotatable bonds is 7. The Labute approximate surface area is 184 Å². The van der Waals surface area contributed by atoms with E-state index in [1.807, 2.05) is 45.5 Å². The first kappa shape index (κ1) is 20.7. The van der Waals surface area contributed by atoms with Crippen molar-refractivity contribution in [3.8, 4) is 0 Å². The van der Waals surface area contributed by atoms with E-state index in [4.69, 9.17) is 0 Å². The fraction of sp³-hybridized carbons (Fsp3) is 0.348. The van der Waals surface area contributed by atoms with Gasteiger partial charge in [0, 0.05) is 18.8 Å². The maximum Gasteiger partial charge on any atom is 0.329 e. The van der Waals surface area contributed by atoms with Gasteiger partial charge < -0.3 is 4.57 Å². The molecule has 5 rings (SSSR count). The molecule has 166 valence electrons. The highest BCUT2D eigenvalue weighted by atomic mass is 32.2. The van der Waals surface area contributed by atoms with Crippen LogP contribution in [0.15, 0.2) is 58.1 Å². The molecule has 2 aromatic carbocycles. The molecule has 9 heteroatoms. The van der Waals surface area contributed by atoms with Gasteiger partial charge in [0.05, 0.1) is 34.2 Å². The van der Waals surface area contributed by atoms with E-state index in [0.717, 1.165) is 23.9 Å². The van der Waals surface area contributed by atoms with Crippen LogP contribution in [0, 0.1) is 0 Å². The molecule has 1 aliphatic rings. The van der Waals surface area contributed by atoms with Gasteiger partial charge in [-0.25, -0.2) is 13.2 Å². The van der Waals surface area contributed by atoms with E-state index in [1.54, 1.807) is 16.7 Å². The molecule has 8 nitrogen and oxygen atoms in total. The Morgan fingerprint density at radius 2 is 1.59 bits per heavy atom. The van der Waals surface area contributed by atoms with E-state index >= 15 is 0 Å². The largest absolute Gasteiger partial charge is 0.329 e. The van der Waals surface area contributed by atoms with Crippen molar-refractivity contribution in [1.82, 2.24) is 18.7 Å². The van der Waals surface area contributed by atoms with Crippen LogP contribution in [-0.2, 0) is 22.9 Å². The summed E-state index contributed by atoms with van der Waals surface area (Å²) < 4.78 is 28.7. The molecule has 0 atom stereocenters. The van der Waals surface area contributed by atoms with Gasteiger partial charge in [0.1, 0.15) is 15.7 Å². The average molecular weight is 453 g/mol. The quantitative estimate of drug-likeness (QED) is 0.429. The van der Waals surface area contributed by atoms with Gasteiger partial charge in [0.2, 0.25) is 0 Å². The van der Waals surface area contributed by atoms with Crippen LogP contribution in [0.5, 0.6) is 0 Å². The Hall–Kier alpha value is -3.20. The number of sulfone groups is 1. The van der Waals surface area contributed by atoms with Gasteiger partial charge in [-0.2, -0.15) is 4.98 Å². The Morgan fingerprint density at radius 3 is 2.28 bits per heavy atom. The van der Waals surface area contributed by atoms with Crippen molar-refractivity contribution in [3.05, 3.63) is 75.2 Å². The molecule has 0 saturated heterocycles. The van der Waals surface area contributed by atoms with Crippen molar-refractivity contribution in [2.45, 2.75) is 38.4 Å². The van der Waals surface area contributed by atoms with Crippen LogP contribution in [-0.4, -0.2) is 39.1 Å². The number of aromatic nitrogens is 4. The molecule has 0 N–H and O–H groups in total. The summed E-state index contributed by atoms with van der Waals surface area (Å²) in [6, 6.07) is 15.0. The Morgan fingerprint density at radius 1 is 0.938 bits per heavy atom. The Balaban J connectivity index is 1.65. The van der Waals surface area contributed by atoms with Gasteiger partial charge in [-0.1, -0.05) is 24.3 Å². The van der Waals surface area contributed by atoms with E-state index in [9.17, 15) is 18.0 Å². The number of benzene rings is 2. The molecular weight excluding hydrogens is 428 g/mol. The standard InChI is InChI=1S/C23H24N4O4S/c1-32(30,31)14-6-13-25-18-8-3-2-7-17(18)22(28)24-21(25)15-26-19-9-4-5-10-20(19)27(23(26)29)16-11-12-16/h2-5,7-10,16H,6,11-15H2,1H3. The molecule has 1 aliphatic carbocycles. The van der Waals surface area contributed by atoms with Gasteiger partial charge in [0.15, 0.2) is 0 Å². The number of hydrogen-bond acceptors (Lipinski definition) is 5. The smallest absolute Gasteiger partial charge is 0.327 e. The third-order valence-corrected chi connectivity index (χ3v) is 6.98. The summed E-state index contributed by atoms with van der Waals surface area (Å²) in [5.74, 6) is 0.483. The summed E-state index contributed by atoms with van der Waals surface area (Å²) in [4.78, 5) is 30.4. The molecular formula is C23H24N4O4S. The molecule has 0 unspecified atom stereocenters. The average Bonchev–Trinajstić information content (AvgIpc) is 3.55. The maximum absolute atomic E-state index is 13.3. The van der Waals surface area contributed by atoms with E-state index in [1.165, 1.54) is 6.26 Å². The molecule has 32 heavy (non-hydrogen) atoms. The molecule has 1 fully saturated rings. The SMILES string of the molecule is CS(=O)(=O)CCCn1c(Cn2c(=O)n(C3CC3)c3ccccc32)nc(=O)c2ccccc21. The van der Waals surface area contributed by atoms with Crippen LogP contribution in [0.4, 0.5) is 0 Å². The minimum atomic E-state index is -3.12. The lowest BCUT2D eigenvalue weighted by molar-refractivity contribution is 0.577. The van der Waals surface area contributed by atoms with E-state index in [0.29, 0.717) is 29.7 Å². The summed E-state index contributed by atoms with van der Waals surface area (Å²) in [5.41, 5.74) is 1.91. The molecule has 4 aromatic rings. The third kappa shape index (κ3) is 3.77. The minimum Gasteiger partial charge on any atom is -0.327 e. The Bertz CT molecular complexity index is 1560. The second-order valence-electron chi connectivity index (χ2n) is 8.44. The lowest BCUT2D eigenvalue weighted by Crippen LogP contribution is -2.28. The second kappa shape index (κ2) is 7.74. The first-order valence-electron chi connectivity index (χ1n) is 10.7. The first-order chi connectivity index (χ1) is 15.3. The van der Waals surface area contributed by atoms with Gasteiger partial charge in [-0.15, -0.1) is 0 Å². The zero-order valence-corrected chi connectivity index (χ0v) is 18.6. The predicted molar refractivity (Wildman–Crippen MR) is 124 cm³/mol. The minimum absolute atomic E-state index is 0.0355. The van der Waals surface area contributed by atoms with Gasteiger partial charge in [0.25, 0.3) is 5.56 Å². The van der Waals surface area contributed by atoms with Crippen LogP contribution < -0.4 is 11.2 Å². The van der Waals surface area contributed by atoms with E-state index in [-0.39, 0.29) is 29.6 Å². The highest BCUT2D eigenvalue weighted by molar-refractivity contribution is 7.90. The number of aryl methyl sites for hydroxylation is 1. The predicted octanol–water partition coefficient (Wildman–Crippen LogP) is 2.33. The summed E-state index contributed by atoms with van der Waals surface area (Å²) in [5, 5.41) is 0.475. The molecule has 0 aliphatic heterocycles. The van der Waals surface area contributed by atoms with Gasteiger partial charge >= 0.3 is 5.69 Å². The summed E-state index contributed by atoms with van der Waals surface area (Å²) in [6.45, 7) is 0.518. The summed E-state index contributed by atoms with van der Waals surface area (Å²) in [6.07, 6.45) is 3.57. The van der Waals surface area contributed by atoms with Crippen molar-refractivity contribution in [2.24, 2.45) is 0 Å². The maximum atomic E-state index is 13.3. The fourth-order valence-electron chi connectivity index (χ4n) is 4.33. The van der Waals surface area contributed by atoms with E-state index in [2.05, 4.69) is 4.98 Å². The van der Waals surface area contributed by atoms with Gasteiger partial charge in [-0.3, -0.25) is 13.9 Å². The molecule has 0 amide bonds. The normalized spacial score (nSPS) is 14.4. The highest BCUT2D eigenvalue weighted by Crippen LogP contribution is 2.36. The second-order valence-corrected chi connectivity index (χ2v) is 10.7. The van der Waals surface area contributed by atoms with Gasteiger partial charge in [-0.05, 0) is 43.5 Å². The van der Waals surface area contributed by atoms with E-state index < -0.39 is 9.84 Å². The number of imidazole rings is 1.